The fraction of sp³-hybridized carbons (Fsp3) is 0.154. The van der Waals surface area contributed by atoms with Gasteiger partial charge in [0.15, 0.2) is 0 Å². The lowest BCUT2D eigenvalue weighted by Gasteiger charge is -2.18. The summed E-state index contributed by atoms with van der Waals surface area (Å²) in [5.41, 5.74) is 2.03. The number of anilines is 2. The van der Waals surface area contributed by atoms with Crippen LogP contribution in [0.4, 0.5) is 15.8 Å². The molecule has 1 aliphatic rings. The first-order valence-electron chi connectivity index (χ1n) is 10.7. The summed E-state index contributed by atoms with van der Waals surface area (Å²) in [6.07, 6.45) is 2.91. The van der Waals surface area contributed by atoms with E-state index < -0.39 is 17.6 Å². The molecule has 6 nitrogen and oxygen atoms in total. The molecular formula is C26H22Cl2FN3O3. The van der Waals surface area contributed by atoms with Crippen molar-refractivity contribution < 1.29 is 18.7 Å². The van der Waals surface area contributed by atoms with Crippen molar-refractivity contribution in [1.29, 1.82) is 0 Å². The highest BCUT2D eigenvalue weighted by Crippen LogP contribution is 2.34. The molecule has 0 spiro atoms. The molecular weight excluding hydrogens is 492 g/mol. The molecule has 0 bridgehead atoms. The SMILES string of the molecule is COc1cc(Cl)cc(C(=O)Nc2ccc(Cl)cc2)c1NC(=O)c1ccc(C2=CCCN2C)cc1F. The van der Waals surface area contributed by atoms with E-state index in [1.807, 2.05) is 18.0 Å². The molecule has 3 aromatic carbocycles. The van der Waals surface area contributed by atoms with Gasteiger partial charge in [0.05, 0.1) is 23.9 Å². The van der Waals surface area contributed by atoms with Gasteiger partial charge in [-0.1, -0.05) is 35.3 Å². The Hall–Kier alpha value is -3.55. The summed E-state index contributed by atoms with van der Waals surface area (Å²) in [7, 11) is 3.31. The van der Waals surface area contributed by atoms with Crippen LogP contribution in [0.3, 0.4) is 0 Å². The molecule has 0 saturated carbocycles. The highest BCUT2D eigenvalue weighted by Gasteiger charge is 2.23. The normalized spacial score (nSPS) is 12.8. The van der Waals surface area contributed by atoms with E-state index in [1.54, 1.807) is 30.3 Å². The summed E-state index contributed by atoms with van der Waals surface area (Å²) in [6, 6.07) is 13.8. The molecule has 0 aromatic heterocycles. The van der Waals surface area contributed by atoms with E-state index in [4.69, 9.17) is 27.9 Å². The Morgan fingerprint density at radius 1 is 0.943 bits per heavy atom. The predicted molar refractivity (Wildman–Crippen MR) is 137 cm³/mol. The van der Waals surface area contributed by atoms with Crippen LogP contribution in [0.2, 0.25) is 10.0 Å². The van der Waals surface area contributed by atoms with Crippen molar-refractivity contribution in [3.8, 4) is 5.75 Å². The number of nitrogens with one attached hydrogen (secondary N) is 2. The van der Waals surface area contributed by atoms with Gasteiger partial charge < -0.3 is 20.3 Å². The van der Waals surface area contributed by atoms with Crippen LogP contribution in [0.5, 0.6) is 5.75 Å². The van der Waals surface area contributed by atoms with Crippen LogP contribution in [0.1, 0.15) is 32.7 Å². The smallest absolute Gasteiger partial charge is 0.258 e. The Kier molecular flexibility index (Phi) is 7.28. The van der Waals surface area contributed by atoms with Crippen molar-refractivity contribution in [3.05, 3.63) is 93.2 Å². The average molecular weight is 514 g/mol. The average Bonchev–Trinajstić information content (AvgIpc) is 3.26. The molecule has 1 heterocycles. The van der Waals surface area contributed by atoms with Crippen molar-refractivity contribution >= 4 is 52.1 Å². The highest BCUT2D eigenvalue weighted by atomic mass is 35.5. The maximum atomic E-state index is 15.0. The Balaban J connectivity index is 1.63. The zero-order valence-electron chi connectivity index (χ0n) is 19.0. The summed E-state index contributed by atoms with van der Waals surface area (Å²) >= 11 is 12.1. The molecule has 0 unspecified atom stereocenters. The van der Waals surface area contributed by atoms with Crippen LogP contribution < -0.4 is 15.4 Å². The first-order valence-corrected chi connectivity index (χ1v) is 11.5. The Bertz CT molecular complexity index is 1330. The van der Waals surface area contributed by atoms with Crippen molar-refractivity contribution in [2.75, 3.05) is 31.3 Å². The third-order valence-electron chi connectivity index (χ3n) is 5.60. The van der Waals surface area contributed by atoms with E-state index in [0.29, 0.717) is 16.3 Å². The van der Waals surface area contributed by atoms with Crippen molar-refractivity contribution in [3.63, 3.8) is 0 Å². The topological polar surface area (TPSA) is 70.7 Å². The van der Waals surface area contributed by atoms with Crippen LogP contribution in [0, 0.1) is 5.82 Å². The Morgan fingerprint density at radius 3 is 2.29 bits per heavy atom. The third-order valence-corrected chi connectivity index (χ3v) is 6.07. The summed E-state index contributed by atoms with van der Waals surface area (Å²) in [4.78, 5) is 28.1. The van der Waals surface area contributed by atoms with Crippen molar-refractivity contribution in [1.82, 2.24) is 4.90 Å². The predicted octanol–water partition coefficient (Wildman–Crippen LogP) is 6.32. The first-order chi connectivity index (χ1) is 16.8. The van der Waals surface area contributed by atoms with Gasteiger partial charge in [-0.15, -0.1) is 0 Å². The number of ether oxygens (including phenoxy) is 1. The second-order valence-electron chi connectivity index (χ2n) is 7.94. The number of benzene rings is 3. The van der Waals surface area contributed by atoms with Gasteiger partial charge in [0.2, 0.25) is 0 Å². The van der Waals surface area contributed by atoms with Crippen LogP contribution in [0.25, 0.3) is 5.70 Å². The number of rotatable bonds is 6. The minimum Gasteiger partial charge on any atom is -0.494 e. The lowest BCUT2D eigenvalue weighted by molar-refractivity contribution is 0.102. The molecule has 0 atom stereocenters. The maximum Gasteiger partial charge on any atom is 0.258 e. The van der Waals surface area contributed by atoms with Gasteiger partial charge in [-0.05, 0) is 48.9 Å². The third kappa shape index (κ3) is 5.42. The molecule has 1 aliphatic heterocycles. The number of hydrogen-bond acceptors (Lipinski definition) is 4. The van der Waals surface area contributed by atoms with Gasteiger partial charge in [-0.25, -0.2) is 4.39 Å². The molecule has 0 aliphatic carbocycles. The standard InChI is InChI=1S/C26H22Cl2FN3O3/c1-32-11-3-4-22(32)15-5-10-19(21(29)12-15)25(33)31-24-20(13-17(28)14-23(24)35-2)26(34)30-18-8-6-16(27)7-9-18/h4-10,12-14H,3,11H2,1-2H3,(H,30,34)(H,31,33). The van der Waals surface area contributed by atoms with Gasteiger partial charge in [0.25, 0.3) is 11.8 Å². The zero-order chi connectivity index (χ0) is 25.1. The van der Waals surface area contributed by atoms with Gasteiger partial charge in [-0.3, -0.25) is 9.59 Å². The largest absolute Gasteiger partial charge is 0.494 e. The van der Waals surface area contributed by atoms with E-state index in [9.17, 15) is 14.0 Å². The van der Waals surface area contributed by atoms with Crippen molar-refractivity contribution in [2.45, 2.75) is 6.42 Å². The number of amides is 2. The fourth-order valence-electron chi connectivity index (χ4n) is 3.83. The van der Waals surface area contributed by atoms with Crippen LogP contribution >= 0.6 is 23.2 Å². The molecule has 35 heavy (non-hydrogen) atoms. The first kappa shape index (κ1) is 24.6. The molecule has 180 valence electrons. The van der Waals surface area contributed by atoms with Gasteiger partial charge in [-0.2, -0.15) is 0 Å². The summed E-state index contributed by atoms with van der Waals surface area (Å²) < 4.78 is 20.3. The second kappa shape index (κ2) is 10.4. The quantitative estimate of drug-likeness (QED) is 0.404. The molecule has 0 radical (unpaired) electrons. The van der Waals surface area contributed by atoms with Crippen molar-refractivity contribution in [2.24, 2.45) is 0 Å². The Labute approximate surface area is 212 Å². The lowest BCUT2D eigenvalue weighted by Crippen LogP contribution is -2.20. The van der Waals surface area contributed by atoms with Crippen LogP contribution in [-0.2, 0) is 0 Å². The van der Waals surface area contributed by atoms with Gasteiger partial charge in [0, 0.05) is 46.7 Å². The van der Waals surface area contributed by atoms with E-state index >= 15 is 0 Å². The molecule has 9 heteroatoms. The van der Waals surface area contributed by atoms with E-state index in [-0.39, 0.29) is 27.6 Å². The molecule has 0 fully saturated rings. The number of hydrogen-bond donors (Lipinski definition) is 2. The molecule has 2 amide bonds. The van der Waals surface area contributed by atoms with E-state index in [2.05, 4.69) is 10.6 Å². The molecule has 4 rings (SSSR count). The minimum atomic E-state index is -0.732. The maximum absolute atomic E-state index is 15.0. The number of carbonyl (C=O) groups excluding carboxylic acids is 2. The van der Waals surface area contributed by atoms with Crippen LogP contribution in [-0.4, -0.2) is 37.4 Å². The van der Waals surface area contributed by atoms with Gasteiger partial charge in [0.1, 0.15) is 11.6 Å². The molecule has 0 saturated heterocycles. The van der Waals surface area contributed by atoms with Crippen LogP contribution in [0.15, 0.2) is 60.7 Å². The summed E-state index contributed by atoms with van der Waals surface area (Å²) in [5.74, 6) is -1.80. The highest BCUT2D eigenvalue weighted by molar-refractivity contribution is 6.32. The van der Waals surface area contributed by atoms with E-state index in [1.165, 1.54) is 31.4 Å². The number of carbonyl (C=O) groups is 2. The minimum absolute atomic E-state index is 0.0485. The summed E-state index contributed by atoms with van der Waals surface area (Å²) in [6.45, 7) is 0.858. The molecule has 3 aromatic rings. The Morgan fingerprint density at radius 2 is 1.66 bits per heavy atom. The zero-order valence-corrected chi connectivity index (χ0v) is 20.5. The lowest BCUT2D eigenvalue weighted by atomic mass is 10.1. The number of halogens is 3. The number of nitrogens with zero attached hydrogens (tertiary/aromatic N) is 1. The second-order valence-corrected chi connectivity index (χ2v) is 8.81. The fourth-order valence-corrected chi connectivity index (χ4v) is 4.17. The monoisotopic (exact) mass is 513 g/mol. The summed E-state index contributed by atoms with van der Waals surface area (Å²) in [5, 5.41) is 6.09. The molecule has 2 N–H and O–H groups in total. The van der Waals surface area contributed by atoms with Gasteiger partial charge >= 0.3 is 0 Å². The number of methoxy groups -OCH3 is 1. The van der Waals surface area contributed by atoms with E-state index in [0.717, 1.165) is 18.7 Å².